The van der Waals surface area contributed by atoms with Crippen LogP contribution in [0.25, 0.3) is 11.1 Å². The number of benzene rings is 3. The third kappa shape index (κ3) is 2.49. The second kappa shape index (κ2) is 5.45. The fraction of sp³-hybridized carbons (Fsp3) is 0. The van der Waals surface area contributed by atoms with Crippen LogP contribution in [0, 0.1) is 0 Å². The number of hydrogen-bond acceptors (Lipinski definition) is 5. The highest BCUT2D eigenvalue weighted by atomic mass is 16.5. The molecule has 0 saturated carbocycles. The van der Waals surface area contributed by atoms with E-state index >= 15 is 0 Å². The first-order chi connectivity index (χ1) is 12.0. The molecule has 1 aliphatic rings. The summed E-state index contributed by atoms with van der Waals surface area (Å²) in [5.41, 5.74) is 2.70. The van der Waals surface area contributed by atoms with Crippen LogP contribution >= 0.6 is 0 Å². The van der Waals surface area contributed by atoms with Gasteiger partial charge in [0.2, 0.25) is 0 Å². The highest BCUT2D eigenvalue weighted by Crippen LogP contribution is 2.45. The van der Waals surface area contributed by atoms with Crippen LogP contribution in [0.1, 0.15) is 10.4 Å². The number of carboxylic acids is 1. The largest absolute Gasteiger partial charge is 0.504 e. The van der Waals surface area contributed by atoms with E-state index in [1.165, 1.54) is 18.2 Å². The second-order valence-corrected chi connectivity index (χ2v) is 5.63. The van der Waals surface area contributed by atoms with Gasteiger partial charge in [0.15, 0.2) is 23.0 Å². The number of rotatable bonds is 2. The van der Waals surface area contributed by atoms with Crippen molar-refractivity contribution in [2.45, 2.75) is 0 Å². The number of carbonyl (C=O) groups is 1. The Balaban J connectivity index is 1.75. The number of ether oxygens (including phenoxy) is 1. The summed E-state index contributed by atoms with van der Waals surface area (Å²) in [6.07, 6.45) is 0. The Morgan fingerprint density at radius 3 is 2.40 bits per heavy atom. The standard InChI is InChI=1S/C19H13NO5/c21-14-7-5-10(8-15(14)22)11-4-6-13-17(9-11)25-16-3-1-2-12(19(23)24)18(16)20-13/h1-9,20-22H,(H,23,24). The van der Waals surface area contributed by atoms with E-state index in [0.717, 1.165) is 5.56 Å². The van der Waals surface area contributed by atoms with Gasteiger partial charge in [-0.15, -0.1) is 0 Å². The van der Waals surface area contributed by atoms with Crippen LogP contribution in [0.5, 0.6) is 23.0 Å². The normalized spacial score (nSPS) is 11.7. The first-order valence-electron chi connectivity index (χ1n) is 7.50. The average Bonchev–Trinajstić information content (AvgIpc) is 2.61. The Morgan fingerprint density at radius 2 is 1.64 bits per heavy atom. The molecule has 0 radical (unpaired) electrons. The van der Waals surface area contributed by atoms with E-state index in [1.54, 1.807) is 30.3 Å². The fourth-order valence-corrected chi connectivity index (χ4v) is 2.77. The zero-order valence-corrected chi connectivity index (χ0v) is 12.9. The molecule has 1 aliphatic heterocycles. The van der Waals surface area contributed by atoms with Crippen LogP contribution < -0.4 is 10.1 Å². The SMILES string of the molecule is O=C(O)c1cccc2c1Nc1ccc(-c3ccc(O)c(O)c3)cc1O2. The average molecular weight is 335 g/mol. The third-order valence-electron chi connectivity index (χ3n) is 4.03. The van der Waals surface area contributed by atoms with Gasteiger partial charge in [-0.1, -0.05) is 18.2 Å². The van der Waals surface area contributed by atoms with E-state index in [2.05, 4.69) is 5.32 Å². The van der Waals surface area contributed by atoms with E-state index in [4.69, 9.17) is 4.74 Å². The Labute approximate surface area is 142 Å². The van der Waals surface area contributed by atoms with Crippen molar-refractivity contribution in [3.63, 3.8) is 0 Å². The number of anilines is 2. The molecule has 0 saturated heterocycles. The Bertz CT molecular complexity index is 1010. The monoisotopic (exact) mass is 335 g/mol. The number of nitrogens with one attached hydrogen (secondary N) is 1. The van der Waals surface area contributed by atoms with Gasteiger partial charge in [0.25, 0.3) is 0 Å². The lowest BCUT2D eigenvalue weighted by molar-refractivity contribution is 0.0697. The molecular formula is C19H13NO5. The minimum absolute atomic E-state index is 0.135. The van der Waals surface area contributed by atoms with Crippen molar-refractivity contribution >= 4 is 17.3 Å². The number of aromatic hydroxyl groups is 2. The first kappa shape index (κ1) is 14.9. The molecule has 6 nitrogen and oxygen atoms in total. The molecule has 3 aromatic carbocycles. The number of phenols is 2. The molecule has 0 amide bonds. The number of phenolic OH excluding ortho intramolecular Hbond substituents is 2. The molecule has 4 N–H and O–H groups in total. The van der Waals surface area contributed by atoms with E-state index in [0.29, 0.717) is 28.4 Å². The maximum Gasteiger partial charge on any atom is 0.337 e. The zero-order chi connectivity index (χ0) is 17.6. The van der Waals surface area contributed by atoms with Crippen LogP contribution in [0.15, 0.2) is 54.6 Å². The maximum atomic E-state index is 11.3. The van der Waals surface area contributed by atoms with Crippen molar-refractivity contribution in [3.8, 4) is 34.1 Å². The zero-order valence-electron chi connectivity index (χ0n) is 12.9. The topological polar surface area (TPSA) is 99.0 Å². The van der Waals surface area contributed by atoms with Crippen LogP contribution in [0.3, 0.4) is 0 Å². The van der Waals surface area contributed by atoms with E-state index in [1.807, 2.05) is 6.07 Å². The quantitative estimate of drug-likeness (QED) is 0.407. The lowest BCUT2D eigenvalue weighted by atomic mass is 10.0. The van der Waals surface area contributed by atoms with Gasteiger partial charge in [0.05, 0.1) is 16.9 Å². The summed E-state index contributed by atoms with van der Waals surface area (Å²) >= 11 is 0. The number of fused-ring (bicyclic) bond motifs is 2. The van der Waals surface area contributed by atoms with E-state index in [-0.39, 0.29) is 17.1 Å². The first-order valence-corrected chi connectivity index (χ1v) is 7.50. The Kier molecular flexibility index (Phi) is 3.25. The molecule has 1 heterocycles. The number of para-hydroxylation sites is 1. The molecule has 0 fully saturated rings. The molecule has 25 heavy (non-hydrogen) atoms. The summed E-state index contributed by atoms with van der Waals surface area (Å²) in [5, 5.41) is 31.5. The molecule has 0 bridgehead atoms. The minimum atomic E-state index is -1.03. The van der Waals surface area contributed by atoms with Gasteiger partial charge in [-0.25, -0.2) is 4.79 Å². The molecule has 124 valence electrons. The van der Waals surface area contributed by atoms with Gasteiger partial charge in [0, 0.05) is 0 Å². The summed E-state index contributed by atoms with van der Waals surface area (Å²) in [6, 6.07) is 14.8. The van der Waals surface area contributed by atoms with E-state index in [9.17, 15) is 20.1 Å². The number of hydrogen-bond donors (Lipinski definition) is 4. The smallest absolute Gasteiger partial charge is 0.337 e. The Morgan fingerprint density at radius 1 is 0.880 bits per heavy atom. The van der Waals surface area contributed by atoms with Crippen LogP contribution in [-0.2, 0) is 0 Å². The summed E-state index contributed by atoms with van der Waals surface area (Å²) in [4.78, 5) is 11.3. The van der Waals surface area contributed by atoms with Crippen molar-refractivity contribution in [1.82, 2.24) is 0 Å². The number of aromatic carboxylic acids is 1. The highest BCUT2D eigenvalue weighted by Gasteiger charge is 2.22. The molecule has 6 heteroatoms. The van der Waals surface area contributed by atoms with Gasteiger partial charge >= 0.3 is 5.97 Å². The molecule has 4 rings (SSSR count). The van der Waals surface area contributed by atoms with Crippen molar-refractivity contribution in [3.05, 3.63) is 60.2 Å². The van der Waals surface area contributed by atoms with Gasteiger partial charge < -0.3 is 25.4 Å². The predicted molar refractivity (Wildman–Crippen MR) is 92.0 cm³/mol. The van der Waals surface area contributed by atoms with Crippen LogP contribution in [-0.4, -0.2) is 21.3 Å². The Hall–Kier alpha value is -3.67. The molecule has 0 spiro atoms. The fourth-order valence-electron chi connectivity index (χ4n) is 2.77. The minimum Gasteiger partial charge on any atom is -0.504 e. The summed E-state index contributed by atoms with van der Waals surface area (Å²) in [5.74, 6) is -0.453. The van der Waals surface area contributed by atoms with Crippen LogP contribution in [0.4, 0.5) is 11.4 Å². The van der Waals surface area contributed by atoms with Crippen molar-refractivity contribution in [2.24, 2.45) is 0 Å². The molecule has 0 aliphatic carbocycles. The lowest BCUT2D eigenvalue weighted by Gasteiger charge is -2.23. The molecule has 0 atom stereocenters. The molecule has 0 aromatic heterocycles. The van der Waals surface area contributed by atoms with Gasteiger partial charge in [0.1, 0.15) is 0 Å². The summed E-state index contributed by atoms with van der Waals surface area (Å²) in [6.45, 7) is 0. The maximum absolute atomic E-state index is 11.3. The van der Waals surface area contributed by atoms with Crippen LogP contribution in [0.2, 0.25) is 0 Å². The van der Waals surface area contributed by atoms with Crippen molar-refractivity contribution < 1.29 is 24.9 Å². The van der Waals surface area contributed by atoms with Crippen molar-refractivity contribution in [1.29, 1.82) is 0 Å². The molecule has 3 aromatic rings. The molecule has 0 unspecified atom stereocenters. The highest BCUT2D eigenvalue weighted by molar-refractivity contribution is 5.98. The summed E-state index contributed by atoms with van der Waals surface area (Å²) in [7, 11) is 0. The number of carboxylic acid groups (broad SMARTS) is 1. The second-order valence-electron chi connectivity index (χ2n) is 5.63. The van der Waals surface area contributed by atoms with Gasteiger partial charge in [-0.3, -0.25) is 0 Å². The molecular weight excluding hydrogens is 322 g/mol. The van der Waals surface area contributed by atoms with Gasteiger partial charge in [-0.2, -0.15) is 0 Å². The third-order valence-corrected chi connectivity index (χ3v) is 4.03. The lowest BCUT2D eigenvalue weighted by Crippen LogP contribution is -2.08. The predicted octanol–water partition coefficient (Wildman–Crippen LogP) is 4.31. The van der Waals surface area contributed by atoms with Crippen molar-refractivity contribution in [2.75, 3.05) is 5.32 Å². The van der Waals surface area contributed by atoms with E-state index < -0.39 is 5.97 Å². The van der Waals surface area contributed by atoms with Gasteiger partial charge in [-0.05, 0) is 47.5 Å². The summed E-state index contributed by atoms with van der Waals surface area (Å²) < 4.78 is 5.85.